The molecule has 0 saturated carbocycles. The molecule has 0 fully saturated rings. The molecule has 1 aromatic carbocycles. The molecular weight excluding hydrogens is 340 g/mol. The van der Waals surface area contributed by atoms with Gasteiger partial charge in [-0.3, -0.25) is 0 Å². The highest BCUT2D eigenvalue weighted by molar-refractivity contribution is 5.36. The van der Waals surface area contributed by atoms with Crippen LogP contribution in [-0.4, -0.2) is 5.11 Å². The summed E-state index contributed by atoms with van der Waals surface area (Å²) in [5, 5.41) is 10.2. The lowest BCUT2D eigenvalue weighted by atomic mass is 9.84. The summed E-state index contributed by atoms with van der Waals surface area (Å²) in [4.78, 5) is 0. The van der Waals surface area contributed by atoms with E-state index in [2.05, 4.69) is 53.7 Å². The van der Waals surface area contributed by atoms with Crippen LogP contribution in [-0.2, 0) is 12.8 Å². The third-order valence-corrected chi connectivity index (χ3v) is 6.29. The van der Waals surface area contributed by atoms with E-state index >= 15 is 0 Å². The fourth-order valence-electron chi connectivity index (χ4n) is 3.78. The number of unbranched alkanes of at least 4 members (excludes halogenated alkanes) is 6. The number of aryl methyl sites for hydroxylation is 2. The van der Waals surface area contributed by atoms with E-state index in [0.29, 0.717) is 16.6 Å². The van der Waals surface area contributed by atoms with Gasteiger partial charge in [0.1, 0.15) is 5.75 Å². The number of phenols is 1. The topological polar surface area (TPSA) is 20.2 Å². The van der Waals surface area contributed by atoms with Gasteiger partial charge in [-0.05, 0) is 66.5 Å². The van der Waals surface area contributed by atoms with Crippen LogP contribution in [0.25, 0.3) is 0 Å². The lowest BCUT2D eigenvalue weighted by Gasteiger charge is -2.22. The highest BCUT2D eigenvalue weighted by atomic mass is 16.3. The second-order valence-corrected chi connectivity index (χ2v) is 10.9. The molecule has 28 heavy (non-hydrogen) atoms. The van der Waals surface area contributed by atoms with Crippen molar-refractivity contribution in [1.29, 1.82) is 0 Å². The Hall–Kier alpha value is -0.980. The number of aromatic hydroxyl groups is 1. The average Bonchev–Trinajstić information content (AvgIpc) is 2.62. The first-order valence-electron chi connectivity index (χ1n) is 11.9. The Morgan fingerprint density at radius 2 is 1.29 bits per heavy atom. The minimum atomic E-state index is 0.457. The molecule has 0 spiro atoms. The zero-order chi connectivity index (χ0) is 21.0. The van der Waals surface area contributed by atoms with Crippen molar-refractivity contribution in [3.63, 3.8) is 0 Å². The first-order valence-corrected chi connectivity index (χ1v) is 11.9. The first-order chi connectivity index (χ1) is 13.1. The molecule has 1 aromatic rings. The van der Waals surface area contributed by atoms with Crippen molar-refractivity contribution < 1.29 is 5.11 Å². The maximum absolute atomic E-state index is 10.2. The highest BCUT2D eigenvalue weighted by Gasteiger charge is 2.13. The van der Waals surface area contributed by atoms with Crippen molar-refractivity contribution in [2.24, 2.45) is 10.8 Å². The number of phenolic OH excluding ortho intramolecular Hbond substituents is 1. The molecule has 0 aliphatic rings. The van der Waals surface area contributed by atoms with E-state index in [1.165, 1.54) is 76.2 Å². The van der Waals surface area contributed by atoms with Crippen LogP contribution in [0.5, 0.6) is 5.75 Å². The van der Waals surface area contributed by atoms with E-state index in [1.807, 2.05) is 6.07 Å². The van der Waals surface area contributed by atoms with E-state index in [0.717, 1.165) is 18.4 Å². The molecule has 0 heterocycles. The van der Waals surface area contributed by atoms with Crippen LogP contribution in [0.3, 0.4) is 0 Å². The Morgan fingerprint density at radius 1 is 0.714 bits per heavy atom. The average molecular weight is 389 g/mol. The fraction of sp³-hybridized carbons (Fsp3) is 0.778. The third kappa shape index (κ3) is 11.8. The monoisotopic (exact) mass is 388 g/mol. The SMILES string of the molecule is CCC(C)(C)CCCCCCc1ccc(O)c(CCCCCCC(C)(C)C)c1. The molecule has 1 rings (SSSR count). The van der Waals surface area contributed by atoms with Gasteiger partial charge < -0.3 is 5.11 Å². The van der Waals surface area contributed by atoms with Gasteiger partial charge in [0.2, 0.25) is 0 Å². The molecule has 0 aliphatic carbocycles. The van der Waals surface area contributed by atoms with Crippen molar-refractivity contribution in [2.45, 2.75) is 125 Å². The van der Waals surface area contributed by atoms with Gasteiger partial charge in [0.15, 0.2) is 0 Å². The predicted octanol–water partition coefficient (Wildman–Crippen LogP) is 8.86. The largest absolute Gasteiger partial charge is 0.508 e. The van der Waals surface area contributed by atoms with Crippen molar-refractivity contribution in [3.05, 3.63) is 29.3 Å². The van der Waals surface area contributed by atoms with Crippen molar-refractivity contribution in [3.8, 4) is 5.75 Å². The normalized spacial score (nSPS) is 12.5. The van der Waals surface area contributed by atoms with Gasteiger partial charge in [0, 0.05) is 0 Å². The molecule has 162 valence electrons. The molecule has 0 aliphatic heterocycles. The molecule has 0 amide bonds. The third-order valence-electron chi connectivity index (χ3n) is 6.29. The van der Waals surface area contributed by atoms with Crippen LogP contribution in [0.2, 0.25) is 0 Å². The minimum Gasteiger partial charge on any atom is -0.508 e. The quantitative estimate of drug-likeness (QED) is 0.315. The maximum Gasteiger partial charge on any atom is 0.118 e. The Kier molecular flexibility index (Phi) is 11.2. The lowest BCUT2D eigenvalue weighted by molar-refractivity contribution is 0.307. The number of hydrogen-bond acceptors (Lipinski definition) is 1. The molecule has 0 bridgehead atoms. The zero-order valence-corrected chi connectivity index (χ0v) is 19.9. The molecular formula is C27H48O. The minimum absolute atomic E-state index is 0.457. The van der Waals surface area contributed by atoms with E-state index in [-0.39, 0.29) is 0 Å². The van der Waals surface area contributed by atoms with Gasteiger partial charge in [-0.1, -0.05) is 98.6 Å². The van der Waals surface area contributed by atoms with Gasteiger partial charge in [-0.15, -0.1) is 0 Å². The summed E-state index contributed by atoms with van der Waals surface area (Å²) in [6.07, 6.45) is 16.5. The summed E-state index contributed by atoms with van der Waals surface area (Å²) in [6, 6.07) is 6.28. The zero-order valence-electron chi connectivity index (χ0n) is 19.9. The van der Waals surface area contributed by atoms with E-state index in [4.69, 9.17) is 0 Å². The molecule has 1 heteroatoms. The summed E-state index contributed by atoms with van der Waals surface area (Å²) in [5.74, 6) is 0.486. The molecule has 1 N–H and O–H groups in total. The second kappa shape index (κ2) is 12.6. The summed E-state index contributed by atoms with van der Waals surface area (Å²) in [6.45, 7) is 14.0. The smallest absolute Gasteiger partial charge is 0.118 e. The van der Waals surface area contributed by atoms with Gasteiger partial charge >= 0.3 is 0 Å². The first kappa shape index (κ1) is 25.1. The summed E-state index contributed by atoms with van der Waals surface area (Å²) in [7, 11) is 0. The number of hydrogen-bond donors (Lipinski definition) is 1. The highest BCUT2D eigenvalue weighted by Crippen LogP contribution is 2.28. The van der Waals surface area contributed by atoms with Gasteiger partial charge in [-0.25, -0.2) is 0 Å². The molecule has 0 atom stereocenters. The van der Waals surface area contributed by atoms with Crippen molar-refractivity contribution in [2.75, 3.05) is 0 Å². The molecule has 0 unspecified atom stereocenters. The molecule has 0 saturated heterocycles. The van der Waals surface area contributed by atoms with E-state index in [9.17, 15) is 5.11 Å². The molecule has 0 aromatic heterocycles. The van der Waals surface area contributed by atoms with Crippen LogP contribution in [0.1, 0.15) is 123 Å². The van der Waals surface area contributed by atoms with E-state index in [1.54, 1.807) is 0 Å². The Morgan fingerprint density at radius 3 is 1.89 bits per heavy atom. The standard InChI is InChI=1S/C27H48O/c1-7-27(5,6)21-15-11-8-12-16-23-18-19-25(28)24(22-23)17-13-9-10-14-20-26(2,3)4/h18-19,22,28H,7-17,20-21H2,1-6H3. The van der Waals surface area contributed by atoms with Gasteiger partial charge in [0.05, 0.1) is 0 Å². The summed E-state index contributed by atoms with van der Waals surface area (Å²) < 4.78 is 0. The second-order valence-electron chi connectivity index (χ2n) is 10.9. The van der Waals surface area contributed by atoms with Crippen molar-refractivity contribution in [1.82, 2.24) is 0 Å². The Balaban J connectivity index is 2.25. The number of benzene rings is 1. The number of rotatable bonds is 14. The van der Waals surface area contributed by atoms with Crippen LogP contribution in [0.4, 0.5) is 0 Å². The summed E-state index contributed by atoms with van der Waals surface area (Å²) in [5.41, 5.74) is 3.52. The Bertz CT molecular complexity index is 536. The van der Waals surface area contributed by atoms with Crippen LogP contribution in [0.15, 0.2) is 18.2 Å². The summed E-state index contributed by atoms with van der Waals surface area (Å²) >= 11 is 0. The lowest BCUT2D eigenvalue weighted by Crippen LogP contribution is -2.08. The molecule has 1 nitrogen and oxygen atoms in total. The Labute approximate surface area is 176 Å². The van der Waals surface area contributed by atoms with Crippen molar-refractivity contribution >= 4 is 0 Å². The molecule has 0 radical (unpaired) electrons. The van der Waals surface area contributed by atoms with Crippen LogP contribution >= 0.6 is 0 Å². The predicted molar refractivity (Wildman–Crippen MR) is 125 cm³/mol. The fourth-order valence-corrected chi connectivity index (χ4v) is 3.78. The van der Waals surface area contributed by atoms with Gasteiger partial charge in [-0.2, -0.15) is 0 Å². The van der Waals surface area contributed by atoms with Crippen LogP contribution in [0, 0.1) is 10.8 Å². The van der Waals surface area contributed by atoms with Gasteiger partial charge in [0.25, 0.3) is 0 Å². The maximum atomic E-state index is 10.2. The van der Waals surface area contributed by atoms with Crippen LogP contribution < -0.4 is 0 Å². The van der Waals surface area contributed by atoms with E-state index < -0.39 is 0 Å².